The van der Waals surface area contributed by atoms with Crippen LogP contribution in [0.4, 0.5) is 11.4 Å². The van der Waals surface area contributed by atoms with E-state index in [4.69, 9.17) is 0 Å². The molecular weight excluding hydrogens is 475 g/mol. The van der Waals surface area contributed by atoms with E-state index < -0.39 is 20.6 Å². The highest BCUT2D eigenvalue weighted by Gasteiger charge is 2.26. The molecule has 2 rings (SSSR count). The number of nitro groups is 1. The topological polar surface area (TPSA) is 89.3 Å². The molecule has 2 aromatic carbocycles. The van der Waals surface area contributed by atoms with Crippen LogP contribution in [0.1, 0.15) is 0 Å². The van der Waals surface area contributed by atoms with Gasteiger partial charge in [0.2, 0.25) is 0 Å². The Morgan fingerprint density at radius 3 is 2.52 bits per heavy atom. The molecule has 0 aromatic heterocycles. The van der Waals surface area contributed by atoms with Crippen LogP contribution in [0.3, 0.4) is 0 Å². The summed E-state index contributed by atoms with van der Waals surface area (Å²) in [5.41, 5.74) is -0.132. The number of halogens is 2. The highest BCUT2D eigenvalue weighted by Crippen LogP contribution is 2.29. The Balaban J connectivity index is 2.49. The summed E-state index contributed by atoms with van der Waals surface area (Å²) in [7, 11) is -4.05. The van der Waals surface area contributed by atoms with Gasteiger partial charge < -0.3 is 0 Å². The molecule has 0 aliphatic heterocycles. The number of nitrogens with zero attached hydrogens (tertiary/aromatic N) is 1. The molecule has 0 heterocycles. The quantitative estimate of drug-likeness (QED) is 0.408. The highest BCUT2D eigenvalue weighted by molar-refractivity contribution is 14.1. The van der Waals surface area contributed by atoms with E-state index in [1.165, 1.54) is 12.1 Å². The largest absolute Gasteiger partial charge is 0.289 e. The molecule has 0 spiro atoms. The molecule has 110 valence electrons. The minimum absolute atomic E-state index is 0.344. The van der Waals surface area contributed by atoms with E-state index in [2.05, 4.69) is 20.7 Å². The molecule has 9 heteroatoms. The molecule has 2 aromatic rings. The summed E-state index contributed by atoms with van der Waals surface area (Å²) in [5.74, 6) is 0. The van der Waals surface area contributed by atoms with Crippen molar-refractivity contribution in [1.82, 2.24) is 0 Å². The summed E-state index contributed by atoms with van der Waals surface area (Å²) in [6, 6.07) is 10.5. The maximum Gasteiger partial charge on any atom is 0.289 e. The Bertz CT molecular complexity index is 811. The van der Waals surface area contributed by atoms with E-state index in [0.29, 0.717) is 10.2 Å². The van der Waals surface area contributed by atoms with Crippen molar-refractivity contribution in [2.24, 2.45) is 0 Å². The first kappa shape index (κ1) is 16.2. The van der Waals surface area contributed by atoms with Crippen LogP contribution < -0.4 is 4.72 Å². The van der Waals surface area contributed by atoms with Crippen molar-refractivity contribution in [3.05, 3.63) is 60.6 Å². The fraction of sp³-hybridized carbons (Fsp3) is 0. The molecular formula is C12H8BrIN2O4S. The number of anilines is 1. The van der Waals surface area contributed by atoms with Crippen molar-refractivity contribution in [2.45, 2.75) is 4.90 Å². The van der Waals surface area contributed by atoms with Gasteiger partial charge in [0.1, 0.15) is 0 Å². The van der Waals surface area contributed by atoms with Gasteiger partial charge in [0.15, 0.2) is 4.90 Å². The SMILES string of the molecule is O=[N+]([O-])c1ccc(Br)cc1S(=O)(=O)Nc1cccc(I)c1. The highest BCUT2D eigenvalue weighted by atomic mass is 127. The molecule has 6 nitrogen and oxygen atoms in total. The van der Waals surface area contributed by atoms with Crippen LogP contribution in [0.5, 0.6) is 0 Å². The second-order valence-electron chi connectivity index (χ2n) is 3.99. The van der Waals surface area contributed by atoms with Crippen molar-refractivity contribution >= 4 is 59.9 Å². The molecule has 0 fully saturated rings. The predicted octanol–water partition coefficient (Wildman–Crippen LogP) is 3.76. The number of nitrogens with one attached hydrogen (secondary N) is 1. The monoisotopic (exact) mass is 482 g/mol. The molecule has 0 aliphatic carbocycles. The number of nitro benzene ring substituents is 1. The Morgan fingerprint density at radius 2 is 1.90 bits per heavy atom. The van der Waals surface area contributed by atoms with Gasteiger partial charge in [0, 0.05) is 19.8 Å². The average molecular weight is 483 g/mol. The van der Waals surface area contributed by atoms with Gasteiger partial charge in [0.05, 0.1) is 4.92 Å². The molecule has 1 N–H and O–H groups in total. The lowest BCUT2D eigenvalue weighted by molar-refractivity contribution is -0.387. The van der Waals surface area contributed by atoms with E-state index in [1.807, 2.05) is 22.6 Å². The Hall–Kier alpha value is -1.20. The standard InChI is InChI=1S/C12H8BrIN2O4S/c13-8-4-5-11(16(17)18)12(6-8)21(19,20)15-10-3-1-2-9(14)7-10/h1-7,15H. The molecule has 0 saturated carbocycles. The van der Waals surface area contributed by atoms with Crippen LogP contribution in [0, 0.1) is 13.7 Å². The predicted molar refractivity (Wildman–Crippen MR) is 90.8 cm³/mol. The summed E-state index contributed by atoms with van der Waals surface area (Å²) >= 11 is 5.16. The molecule has 21 heavy (non-hydrogen) atoms. The van der Waals surface area contributed by atoms with E-state index in [0.717, 1.165) is 9.64 Å². The van der Waals surface area contributed by atoms with E-state index in [9.17, 15) is 18.5 Å². The Morgan fingerprint density at radius 1 is 1.19 bits per heavy atom. The lowest BCUT2D eigenvalue weighted by Crippen LogP contribution is -2.14. The van der Waals surface area contributed by atoms with Gasteiger partial charge in [0.25, 0.3) is 15.7 Å². The van der Waals surface area contributed by atoms with E-state index >= 15 is 0 Å². The third-order valence-corrected chi connectivity index (χ3v) is 5.06. The fourth-order valence-electron chi connectivity index (χ4n) is 1.62. The van der Waals surface area contributed by atoms with Crippen molar-refractivity contribution in [3.8, 4) is 0 Å². The average Bonchev–Trinajstić information content (AvgIpc) is 2.37. The molecule has 0 bridgehead atoms. The number of rotatable bonds is 4. The lowest BCUT2D eigenvalue weighted by atomic mass is 10.3. The summed E-state index contributed by atoms with van der Waals surface area (Å²) in [4.78, 5) is 9.87. The second-order valence-corrected chi connectivity index (χ2v) is 7.80. The van der Waals surface area contributed by atoms with E-state index in [1.54, 1.807) is 24.3 Å². The molecule has 0 amide bonds. The normalized spacial score (nSPS) is 11.1. The summed E-state index contributed by atoms with van der Waals surface area (Å²) < 4.78 is 28.3. The fourth-order valence-corrected chi connectivity index (χ4v) is 3.92. The number of benzene rings is 2. The van der Waals surface area contributed by atoms with Gasteiger partial charge in [-0.1, -0.05) is 22.0 Å². The van der Waals surface area contributed by atoms with Crippen LogP contribution in [-0.2, 0) is 10.0 Å². The number of hydrogen-bond donors (Lipinski definition) is 1. The van der Waals surface area contributed by atoms with Crippen molar-refractivity contribution in [1.29, 1.82) is 0 Å². The third kappa shape index (κ3) is 3.92. The molecule has 0 unspecified atom stereocenters. The zero-order chi connectivity index (χ0) is 15.6. The minimum Gasteiger partial charge on any atom is -0.279 e. The zero-order valence-electron chi connectivity index (χ0n) is 10.3. The third-order valence-electron chi connectivity index (χ3n) is 2.48. The second kappa shape index (κ2) is 6.28. The summed E-state index contributed by atoms with van der Waals surface area (Å²) in [6.45, 7) is 0. The lowest BCUT2D eigenvalue weighted by Gasteiger charge is -2.09. The van der Waals surface area contributed by atoms with Gasteiger partial charge in [-0.25, -0.2) is 8.42 Å². The van der Waals surface area contributed by atoms with Crippen LogP contribution in [-0.4, -0.2) is 13.3 Å². The molecule has 0 aliphatic rings. The maximum atomic E-state index is 12.4. The first-order chi connectivity index (χ1) is 9.79. The summed E-state index contributed by atoms with van der Waals surface area (Å²) in [5, 5.41) is 11.0. The van der Waals surface area contributed by atoms with Gasteiger partial charge in [-0.15, -0.1) is 0 Å². The Kier molecular flexibility index (Phi) is 4.84. The van der Waals surface area contributed by atoms with Gasteiger partial charge in [-0.3, -0.25) is 14.8 Å². The number of sulfonamides is 1. The van der Waals surface area contributed by atoms with Gasteiger partial charge in [-0.2, -0.15) is 0 Å². The molecule has 0 atom stereocenters. The minimum atomic E-state index is -4.05. The number of hydrogen-bond acceptors (Lipinski definition) is 4. The van der Waals surface area contributed by atoms with E-state index in [-0.39, 0.29) is 4.90 Å². The van der Waals surface area contributed by atoms with Crippen LogP contribution >= 0.6 is 38.5 Å². The van der Waals surface area contributed by atoms with Gasteiger partial charge in [-0.05, 0) is 52.9 Å². The van der Waals surface area contributed by atoms with Crippen molar-refractivity contribution < 1.29 is 13.3 Å². The zero-order valence-corrected chi connectivity index (χ0v) is 14.8. The van der Waals surface area contributed by atoms with Crippen LogP contribution in [0.15, 0.2) is 51.8 Å². The smallest absolute Gasteiger partial charge is 0.279 e. The first-order valence-corrected chi connectivity index (χ1v) is 8.87. The maximum absolute atomic E-state index is 12.4. The first-order valence-electron chi connectivity index (χ1n) is 5.52. The van der Waals surface area contributed by atoms with Crippen molar-refractivity contribution in [2.75, 3.05) is 4.72 Å². The summed E-state index contributed by atoms with van der Waals surface area (Å²) in [6.07, 6.45) is 0. The van der Waals surface area contributed by atoms with Crippen molar-refractivity contribution in [3.63, 3.8) is 0 Å². The van der Waals surface area contributed by atoms with Crippen LogP contribution in [0.2, 0.25) is 0 Å². The van der Waals surface area contributed by atoms with Crippen LogP contribution in [0.25, 0.3) is 0 Å². The molecule has 0 radical (unpaired) electrons. The van der Waals surface area contributed by atoms with Gasteiger partial charge >= 0.3 is 0 Å². The molecule has 0 saturated heterocycles. The Labute approximate surface area is 143 Å².